The lowest BCUT2D eigenvalue weighted by Gasteiger charge is -2.10. The number of aromatic amines is 1. The fourth-order valence-electron chi connectivity index (χ4n) is 3.69. The van der Waals surface area contributed by atoms with Crippen LogP contribution in [0.5, 0.6) is 11.5 Å². The van der Waals surface area contributed by atoms with Crippen molar-refractivity contribution in [1.82, 2.24) is 15.2 Å². The van der Waals surface area contributed by atoms with E-state index in [1.54, 1.807) is 7.11 Å². The van der Waals surface area contributed by atoms with Crippen LogP contribution in [-0.4, -0.2) is 22.3 Å². The van der Waals surface area contributed by atoms with Gasteiger partial charge in [-0.2, -0.15) is 5.10 Å². The number of H-pyrrole nitrogens is 1. The number of ether oxygens (including phenoxy) is 2. The second-order valence-corrected chi connectivity index (χ2v) is 7.25. The van der Waals surface area contributed by atoms with E-state index in [-0.39, 0.29) is 0 Å². The van der Waals surface area contributed by atoms with Crippen LogP contribution in [0.2, 0.25) is 0 Å². The van der Waals surface area contributed by atoms with Crippen molar-refractivity contribution in [3.63, 3.8) is 0 Å². The highest BCUT2D eigenvalue weighted by Crippen LogP contribution is 2.34. The molecule has 0 aliphatic rings. The van der Waals surface area contributed by atoms with Crippen LogP contribution in [0.15, 0.2) is 91.3 Å². The predicted molar refractivity (Wildman–Crippen MR) is 122 cm³/mol. The number of rotatable bonds is 6. The molecule has 0 aliphatic heterocycles. The molecule has 0 aliphatic carbocycles. The summed E-state index contributed by atoms with van der Waals surface area (Å²) in [5.74, 6) is 1.60. The molecule has 31 heavy (non-hydrogen) atoms. The summed E-state index contributed by atoms with van der Waals surface area (Å²) in [5, 5.41) is 8.44. The molecule has 5 rings (SSSR count). The zero-order chi connectivity index (χ0) is 21.0. The first-order valence-electron chi connectivity index (χ1n) is 10.1. The number of fused-ring (bicyclic) bond motifs is 1. The van der Waals surface area contributed by atoms with Gasteiger partial charge in [-0.25, -0.2) is 0 Å². The molecule has 0 spiro atoms. The molecular weight excluding hydrogens is 386 g/mol. The first-order chi connectivity index (χ1) is 15.3. The standard InChI is InChI=1S/C26H21N3O2/c1-30-17-18-6-5-7-20(14-18)25-26-24(16-28-29-26)23(15-27-25)19-10-12-22(13-11-19)31-21-8-3-2-4-9-21/h2-16H,17H2,1H3,(H,28,29). The maximum Gasteiger partial charge on any atom is 0.127 e. The molecule has 2 aromatic heterocycles. The molecule has 5 aromatic rings. The number of aromatic nitrogens is 3. The zero-order valence-electron chi connectivity index (χ0n) is 17.1. The third-order valence-electron chi connectivity index (χ3n) is 5.14. The highest BCUT2D eigenvalue weighted by molar-refractivity contribution is 6.00. The summed E-state index contributed by atoms with van der Waals surface area (Å²) in [6.45, 7) is 0.565. The van der Waals surface area contributed by atoms with E-state index in [0.29, 0.717) is 6.61 Å². The van der Waals surface area contributed by atoms with Gasteiger partial charge in [-0.05, 0) is 41.5 Å². The normalized spacial score (nSPS) is 11.0. The molecule has 5 heteroatoms. The third-order valence-corrected chi connectivity index (χ3v) is 5.14. The van der Waals surface area contributed by atoms with E-state index in [1.807, 2.05) is 79.1 Å². The SMILES string of the molecule is COCc1cccc(-c2ncc(-c3ccc(Oc4ccccc4)cc3)c3cn[nH]c23)c1. The molecule has 0 saturated carbocycles. The fraction of sp³-hybridized carbons (Fsp3) is 0.0769. The van der Waals surface area contributed by atoms with E-state index in [4.69, 9.17) is 14.5 Å². The van der Waals surface area contributed by atoms with Crippen LogP contribution < -0.4 is 4.74 Å². The maximum atomic E-state index is 5.91. The molecule has 0 bridgehead atoms. The van der Waals surface area contributed by atoms with E-state index in [9.17, 15) is 0 Å². The number of hydrogen-bond donors (Lipinski definition) is 1. The van der Waals surface area contributed by atoms with Crippen molar-refractivity contribution in [1.29, 1.82) is 0 Å². The van der Waals surface area contributed by atoms with Crippen LogP contribution in [0.1, 0.15) is 5.56 Å². The number of benzene rings is 3. The van der Waals surface area contributed by atoms with Crippen LogP contribution in [0.3, 0.4) is 0 Å². The quantitative estimate of drug-likeness (QED) is 0.362. The average Bonchev–Trinajstić information content (AvgIpc) is 3.30. The first kappa shape index (κ1) is 19.0. The number of para-hydroxylation sites is 1. The van der Waals surface area contributed by atoms with Gasteiger partial charge >= 0.3 is 0 Å². The number of nitrogens with zero attached hydrogens (tertiary/aromatic N) is 2. The van der Waals surface area contributed by atoms with Crippen molar-refractivity contribution in [2.75, 3.05) is 7.11 Å². The van der Waals surface area contributed by atoms with Crippen molar-refractivity contribution in [2.45, 2.75) is 6.61 Å². The van der Waals surface area contributed by atoms with Gasteiger partial charge < -0.3 is 9.47 Å². The van der Waals surface area contributed by atoms with Crippen LogP contribution in [0.25, 0.3) is 33.3 Å². The Morgan fingerprint density at radius 3 is 2.42 bits per heavy atom. The van der Waals surface area contributed by atoms with E-state index in [0.717, 1.165) is 50.3 Å². The van der Waals surface area contributed by atoms with Gasteiger partial charge in [0, 0.05) is 29.8 Å². The lowest BCUT2D eigenvalue weighted by molar-refractivity contribution is 0.185. The molecular formula is C26H21N3O2. The second kappa shape index (κ2) is 8.42. The molecule has 2 heterocycles. The van der Waals surface area contributed by atoms with Crippen LogP contribution in [0, 0.1) is 0 Å². The number of nitrogens with one attached hydrogen (secondary N) is 1. The smallest absolute Gasteiger partial charge is 0.127 e. The van der Waals surface area contributed by atoms with Gasteiger partial charge in [-0.1, -0.05) is 48.5 Å². The highest BCUT2D eigenvalue weighted by atomic mass is 16.5. The number of hydrogen-bond acceptors (Lipinski definition) is 4. The Bertz CT molecular complexity index is 1310. The number of methoxy groups -OCH3 is 1. The minimum atomic E-state index is 0.565. The minimum absolute atomic E-state index is 0.565. The summed E-state index contributed by atoms with van der Waals surface area (Å²) < 4.78 is 11.2. The minimum Gasteiger partial charge on any atom is -0.457 e. The van der Waals surface area contributed by atoms with Gasteiger partial charge in [0.2, 0.25) is 0 Å². The van der Waals surface area contributed by atoms with Crippen molar-refractivity contribution in [3.05, 3.63) is 96.8 Å². The van der Waals surface area contributed by atoms with Gasteiger partial charge in [0.15, 0.2) is 0 Å². The van der Waals surface area contributed by atoms with Crippen LogP contribution in [-0.2, 0) is 11.3 Å². The van der Waals surface area contributed by atoms with Crippen molar-refractivity contribution in [2.24, 2.45) is 0 Å². The predicted octanol–water partition coefficient (Wildman–Crippen LogP) is 6.23. The van der Waals surface area contributed by atoms with Crippen molar-refractivity contribution < 1.29 is 9.47 Å². The van der Waals surface area contributed by atoms with Gasteiger partial charge in [0.25, 0.3) is 0 Å². The Hall–Kier alpha value is -3.96. The summed E-state index contributed by atoms with van der Waals surface area (Å²) >= 11 is 0. The van der Waals surface area contributed by atoms with Crippen molar-refractivity contribution >= 4 is 10.9 Å². The lowest BCUT2D eigenvalue weighted by Crippen LogP contribution is -1.92. The van der Waals surface area contributed by atoms with Crippen LogP contribution >= 0.6 is 0 Å². The molecule has 3 aromatic carbocycles. The molecule has 0 unspecified atom stereocenters. The Kier molecular flexibility index (Phi) is 5.17. The van der Waals surface area contributed by atoms with Gasteiger partial charge in [-0.15, -0.1) is 0 Å². The topological polar surface area (TPSA) is 60.0 Å². The third kappa shape index (κ3) is 3.91. The van der Waals surface area contributed by atoms with Crippen molar-refractivity contribution in [3.8, 4) is 33.9 Å². The molecule has 0 amide bonds. The molecule has 152 valence electrons. The summed E-state index contributed by atoms with van der Waals surface area (Å²) in [5.41, 5.74) is 6.00. The molecule has 0 fully saturated rings. The van der Waals surface area contributed by atoms with Gasteiger partial charge in [0.1, 0.15) is 11.5 Å². The Morgan fingerprint density at radius 2 is 1.61 bits per heavy atom. The Labute approximate surface area is 180 Å². The number of pyridine rings is 1. The monoisotopic (exact) mass is 407 g/mol. The summed E-state index contributed by atoms with van der Waals surface area (Å²) in [6.07, 6.45) is 3.76. The van der Waals surface area contributed by atoms with E-state index in [2.05, 4.69) is 22.3 Å². The first-order valence-corrected chi connectivity index (χ1v) is 10.1. The summed E-state index contributed by atoms with van der Waals surface area (Å²) in [7, 11) is 1.70. The fourth-order valence-corrected chi connectivity index (χ4v) is 3.69. The molecule has 0 saturated heterocycles. The van der Waals surface area contributed by atoms with E-state index in [1.165, 1.54) is 0 Å². The van der Waals surface area contributed by atoms with E-state index < -0.39 is 0 Å². The Balaban J connectivity index is 1.49. The van der Waals surface area contributed by atoms with Crippen LogP contribution in [0.4, 0.5) is 0 Å². The maximum absolute atomic E-state index is 5.91. The molecule has 0 atom stereocenters. The zero-order valence-corrected chi connectivity index (χ0v) is 17.1. The van der Waals surface area contributed by atoms with E-state index >= 15 is 0 Å². The molecule has 0 radical (unpaired) electrons. The van der Waals surface area contributed by atoms with Gasteiger partial charge in [-0.3, -0.25) is 10.1 Å². The summed E-state index contributed by atoms with van der Waals surface area (Å²) in [4.78, 5) is 4.77. The molecule has 5 nitrogen and oxygen atoms in total. The highest BCUT2D eigenvalue weighted by Gasteiger charge is 2.13. The largest absolute Gasteiger partial charge is 0.457 e. The summed E-state index contributed by atoms with van der Waals surface area (Å²) in [6, 6.07) is 26.0. The second-order valence-electron chi connectivity index (χ2n) is 7.25. The molecule has 1 N–H and O–H groups in total. The Morgan fingerprint density at radius 1 is 0.806 bits per heavy atom. The lowest BCUT2D eigenvalue weighted by atomic mass is 10.0. The average molecular weight is 407 g/mol. The van der Waals surface area contributed by atoms with Gasteiger partial charge in [0.05, 0.1) is 24.0 Å².